The summed E-state index contributed by atoms with van der Waals surface area (Å²) >= 11 is 0. The minimum absolute atomic E-state index is 0.0144. The molecule has 32 heavy (non-hydrogen) atoms. The van der Waals surface area contributed by atoms with Crippen molar-refractivity contribution in [3.63, 3.8) is 0 Å². The molecule has 170 valence electrons. The number of carbonyl (C=O) groups excluding carboxylic acids is 1. The van der Waals surface area contributed by atoms with Crippen LogP contribution in [-0.4, -0.2) is 60.4 Å². The zero-order chi connectivity index (χ0) is 23.5. The SMILES string of the molecule is COc1c(OCCNS(C)(=O)=O)ccc2c(=O)n(C)c(NC(=O)c3cnc(N)nc3)nc12. The lowest BCUT2D eigenvalue weighted by atomic mass is 10.2. The average molecular weight is 463 g/mol. The largest absolute Gasteiger partial charge is 0.491 e. The Morgan fingerprint density at radius 1 is 1.25 bits per heavy atom. The topological polar surface area (TPSA) is 180 Å². The number of anilines is 2. The van der Waals surface area contributed by atoms with Crippen LogP contribution >= 0.6 is 0 Å². The lowest BCUT2D eigenvalue weighted by Crippen LogP contribution is -2.27. The third-order valence-electron chi connectivity index (χ3n) is 4.25. The summed E-state index contributed by atoms with van der Waals surface area (Å²) in [4.78, 5) is 37.2. The highest BCUT2D eigenvalue weighted by atomic mass is 32.2. The van der Waals surface area contributed by atoms with E-state index in [0.717, 1.165) is 6.26 Å². The number of fused-ring (bicyclic) bond motifs is 1. The second-order valence-corrected chi connectivity index (χ2v) is 8.42. The molecule has 0 saturated heterocycles. The molecular weight excluding hydrogens is 442 g/mol. The quantitative estimate of drug-likeness (QED) is 0.368. The van der Waals surface area contributed by atoms with Crippen molar-refractivity contribution in [3.05, 3.63) is 40.4 Å². The number of ether oxygens (including phenoxy) is 2. The van der Waals surface area contributed by atoms with Crippen LogP contribution in [0.3, 0.4) is 0 Å². The van der Waals surface area contributed by atoms with E-state index in [4.69, 9.17) is 15.2 Å². The van der Waals surface area contributed by atoms with Crippen LogP contribution in [0.4, 0.5) is 11.9 Å². The molecule has 1 aromatic carbocycles. The lowest BCUT2D eigenvalue weighted by Gasteiger charge is -2.15. The Morgan fingerprint density at radius 2 is 1.94 bits per heavy atom. The van der Waals surface area contributed by atoms with E-state index >= 15 is 0 Å². The maximum Gasteiger partial charge on any atom is 0.262 e. The van der Waals surface area contributed by atoms with Gasteiger partial charge in [0, 0.05) is 26.0 Å². The molecule has 0 radical (unpaired) electrons. The Morgan fingerprint density at radius 3 is 2.56 bits per heavy atom. The number of hydrogen-bond donors (Lipinski definition) is 3. The number of nitrogens with one attached hydrogen (secondary N) is 2. The standard InChI is InChI=1S/C18H21N7O6S/c1-25-16(27)11-4-5-12(31-7-6-22-32(3,28)29)14(30-2)13(11)23-18(25)24-15(26)10-8-20-17(19)21-9-10/h4-5,8-9,22H,6-7H2,1-3H3,(H2,19,20,21)(H,23,24,26). The Hall–Kier alpha value is -3.78. The van der Waals surface area contributed by atoms with E-state index in [1.54, 1.807) is 0 Å². The number of carbonyl (C=O) groups is 1. The number of aromatic nitrogens is 4. The molecule has 0 atom stereocenters. The van der Waals surface area contributed by atoms with Crippen molar-refractivity contribution in [2.75, 3.05) is 37.6 Å². The molecule has 2 aromatic heterocycles. The van der Waals surface area contributed by atoms with Gasteiger partial charge in [-0.2, -0.15) is 0 Å². The van der Waals surface area contributed by atoms with E-state index in [-0.39, 0.29) is 53.0 Å². The van der Waals surface area contributed by atoms with Crippen molar-refractivity contribution < 1.29 is 22.7 Å². The van der Waals surface area contributed by atoms with Crippen LogP contribution < -0.4 is 30.8 Å². The summed E-state index contributed by atoms with van der Waals surface area (Å²) < 4.78 is 36.8. The third-order valence-corrected chi connectivity index (χ3v) is 4.98. The Bertz CT molecular complexity index is 1320. The van der Waals surface area contributed by atoms with Gasteiger partial charge in [0.25, 0.3) is 11.5 Å². The van der Waals surface area contributed by atoms with Gasteiger partial charge in [-0.25, -0.2) is 28.1 Å². The first-order valence-corrected chi connectivity index (χ1v) is 11.0. The molecule has 0 aliphatic rings. The Labute approximate surface area is 182 Å². The molecule has 0 saturated carbocycles. The number of amides is 1. The molecule has 0 fully saturated rings. The molecule has 0 bridgehead atoms. The maximum atomic E-state index is 12.8. The van der Waals surface area contributed by atoms with Crippen LogP contribution in [-0.2, 0) is 17.1 Å². The van der Waals surface area contributed by atoms with Crippen molar-refractivity contribution >= 4 is 38.7 Å². The molecule has 4 N–H and O–H groups in total. The van der Waals surface area contributed by atoms with Crippen LogP contribution in [0, 0.1) is 0 Å². The third kappa shape index (κ3) is 5.09. The first-order valence-electron chi connectivity index (χ1n) is 9.14. The second-order valence-electron chi connectivity index (χ2n) is 6.59. The highest BCUT2D eigenvalue weighted by Crippen LogP contribution is 2.33. The fourth-order valence-electron chi connectivity index (χ4n) is 2.73. The van der Waals surface area contributed by atoms with Gasteiger partial charge in [-0.05, 0) is 12.1 Å². The van der Waals surface area contributed by atoms with Crippen LogP contribution in [0.2, 0.25) is 0 Å². The van der Waals surface area contributed by atoms with Crippen molar-refractivity contribution in [3.8, 4) is 11.5 Å². The molecule has 0 spiro atoms. The van der Waals surface area contributed by atoms with Gasteiger partial charge in [-0.3, -0.25) is 19.5 Å². The molecule has 3 rings (SSSR count). The summed E-state index contributed by atoms with van der Waals surface area (Å²) in [6.45, 7) is 0.0511. The Balaban J connectivity index is 1.94. The average Bonchev–Trinajstić information content (AvgIpc) is 2.74. The highest BCUT2D eigenvalue weighted by molar-refractivity contribution is 7.88. The van der Waals surface area contributed by atoms with Crippen LogP contribution in [0.15, 0.2) is 29.3 Å². The number of benzene rings is 1. The number of hydrogen-bond acceptors (Lipinski definition) is 10. The predicted octanol–water partition coefficient (Wildman–Crippen LogP) is -0.505. The fraction of sp³-hybridized carbons (Fsp3) is 0.278. The summed E-state index contributed by atoms with van der Waals surface area (Å²) in [7, 11) is -0.525. The molecular formula is C18H21N7O6S. The molecule has 1 amide bonds. The second kappa shape index (κ2) is 9.15. The van der Waals surface area contributed by atoms with Gasteiger partial charge in [0.1, 0.15) is 12.1 Å². The van der Waals surface area contributed by atoms with E-state index in [1.165, 1.54) is 43.3 Å². The molecule has 0 unspecified atom stereocenters. The molecule has 14 heteroatoms. The molecule has 2 heterocycles. The number of nitrogens with two attached hydrogens (primary N) is 1. The summed E-state index contributed by atoms with van der Waals surface area (Å²) in [5.41, 5.74) is 5.28. The van der Waals surface area contributed by atoms with E-state index in [9.17, 15) is 18.0 Å². The van der Waals surface area contributed by atoms with Crippen LogP contribution in [0.25, 0.3) is 10.9 Å². The van der Waals surface area contributed by atoms with Gasteiger partial charge in [0.05, 0.1) is 24.3 Å². The number of rotatable bonds is 8. The number of nitrogen functional groups attached to an aromatic ring is 1. The zero-order valence-corrected chi connectivity index (χ0v) is 18.3. The van der Waals surface area contributed by atoms with Crippen LogP contribution in [0.1, 0.15) is 10.4 Å². The number of nitrogens with zero attached hydrogens (tertiary/aromatic N) is 4. The van der Waals surface area contributed by atoms with Gasteiger partial charge in [0.15, 0.2) is 11.5 Å². The summed E-state index contributed by atoms with van der Waals surface area (Å²) in [5.74, 6) is -0.212. The van der Waals surface area contributed by atoms with Crippen molar-refractivity contribution in [1.29, 1.82) is 0 Å². The van der Waals surface area contributed by atoms with E-state index in [0.29, 0.717) is 0 Å². The van der Waals surface area contributed by atoms with Crippen molar-refractivity contribution in [1.82, 2.24) is 24.2 Å². The lowest BCUT2D eigenvalue weighted by molar-refractivity contribution is 0.102. The minimum Gasteiger partial charge on any atom is -0.491 e. The normalized spacial score (nSPS) is 11.3. The highest BCUT2D eigenvalue weighted by Gasteiger charge is 2.18. The molecule has 0 aliphatic carbocycles. The monoisotopic (exact) mass is 463 g/mol. The van der Waals surface area contributed by atoms with Crippen molar-refractivity contribution in [2.24, 2.45) is 7.05 Å². The number of sulfonamides is 1. The summed E-state index contributed by atoms with van der Waals surface area (Å²) in [5, 5.41) is 2.77. The van der Waals surface area contributed by atoms with Gasteiger partial charge in [-0.15, -0.1) is 0 Å². The first-order chi connectivity index (χ1) is 15.1. The zero-order valence-electron chi connectivity index (χ0n) is 17.4. The van der Waals surface area contributed by atoms with Gasteiger partial charge in [0.2, 0.25) is 21.9 Å². The molecule has 13 nitrogen and oxygen atoms in total. The van der Waals surface area contributed by atoms with E-state index in [2.05, 4.69) is 25.0 Å². The van der Waals surface area contributed by atoms with E-state index < -0.39 is 21.5 Å². The predicted molar refractivity (Wildman–Crippen MR) is 116 cm³/mol. The van der Waals surface area contributed by atoms with Gasteiger partial charge < -0.3 is 15.2 Å². The first kappa shape index (κ1) is 22.9. The number of methoxy groups -OCH3 is 1. The maximum absolute atomic E-state index is 12.8. The van der Waals surface area contributed by atoms with Gasteiger partial charge >= 0.3 is 0 Å². The summed E-state index contributed by atoms with van der Waals surface area (Å²) in [6.07, 6.45) is 3.53. The minimum atomic E-state index is -3.36. The summed E-state index contributed by atoms with van der Waals surface area (Å²) in [6, 6.07) is 3.03. The van der Waals surface area contributed by atoms with Crippen molar-refractivity contribution in [2.45, 2.75) is 0 Å². The van der Waals surface area contributed by atoms with Crippen LogP contribution in [0.5, 0.6) is 11.5 Å². The van der Waals surface area contributed by atoms with Gasteiger partial charge in [-0.1, -0.05) is 0 Å². The Kier molecular flexibility index (Phi) is 6.55. The molecule has 3 aromatic rings. The fourth-order valence-corrected chi connectivity index (χ4v) is 3.19. The van der Waals surface area contributed by atoms with E-state index in [1.807, 2.05) is 0 Å². The molecule has 0 aliphatic heterocycles. The smallest absolute Gasteiger partial charge is 0.262 e.